The maximum atomic E-state index is 5.24. The molecule has 3 heteroatoms. The minimum Gasteiger partial charge on any atom is -0.385 e. The van der Waals surface area contributed by atoms with Gasteiger partial charge in [0, 0.05) is 25.3 Å². The minimum absolute atomic E-state index is 0.236. The zero-order chi connectivity index (χ0) is 13.6. The Kier molecular flexibility index (Phi) is 6.61. The zero-order valence-electron chi connectivity index (χ0n) is 13.0. The molecule has 2 unspecified atom stereocenters. The highest BCUT2D eigenvalue weighted by Crippen LogP contribution is 2.29. The van der Waals surface area contributed by atoms with Crippen LogP contribution in [-0.2, 0) is 4.74 Å². The second-order valence-corrected chi connectivity index (χ2v) is 6.14. The molecule has 0 radical (unpaired) electrons. The van der Waals surface area contributed by atoms with Crippen LogP contribution in [-0.4, -0.2) is 49.8 Å². The maximum Gasteiger partial charge on any atom is 0.0465 e. The van der Waals surface area contributed by atoms with Crippen molar-refractivity contribution < 1.29 is 4.74 Å². The number of nitrogens with zero attached hydrogens (tertiary/aromatic N) is 1. The van der Waals surface area contributed by atoms with Gasteiger partial charge >= 0.3 is 0 Å². The fourth-order valence-corrected chi connectivity index (χ4v) is 3.33. The highest BCUT2D eigenvalue weighted by atomic mass is 16.5. The van der Waals surface area contributed by atoms with Crippen molar-refractivity contribution in [3.05, 3.63) is 0 Å². The molecule has 0 bridgehead atoms. The Balaban J connectivity index is 2.68. The summed E-state index contributed by atoms with van der Waals surface area (Å²) in [6, 6.07) is 0.538. The Labute approximate surface area is 113 Å². The Bertz CT molecular complexity index is 225. The van der Waals surface area contributed by atoms with Gasteiger partial charge in [0.2, 0.25) is 0 Å². The Morgan fingerprint density at radius 1 is 1.28 bits per heavy atom. The lowest BCUT2D eigenvalue weighted by molar-refractivity contribution is 0.0700. The largest absolute Gasteiger partial charge is 0.385 e. The smallest absolute Gasteiger partial charge is 0.0465 e. The number of hydrogen-bond donors (Lipinski definition) is 1. The van der Waals surface area contributed by atoms with Crippen LogP contribution in [0.15, 0.2) is 0 Å². The fourth-order valence-electron chi connectivity index (χ4n) is 3.33. The van der Waals surface area contributed by atoms with E-state index in [9.17, 15) is 0 Å². The van der Waals surface area contributed by atoms with E-state index in [0.717, 1.165) is 19.6 Å². The summed E-state index contributed by atoms with van der Waals surface area (Å²) in [5.74, 6) is 0.639. The van der Waals surface area contributed by atoms with Crippen molar-refractivity contribution >= 4 is 0 Å². The quantitative estimate of drug-likeness (QED) is 0.722. The van der Waals surface area contributed by atoms with Gasteiger partial charge in [-0.15, -0.1) is 0 Å². The van der Waals surface area contributed by atoms with Crippen LogP contribution in [0.2, 0.25) is 0 Å². The maximum absolute atomic E-state index is 5.24. The van der Waals surface area contributed by atoms with Crippen LogP contribution in [0.4, 0.5) is 0 Å². The number of likely N-dealkylation sites (tertiary alicyclic amines) is 1. The van der Waals surface area contributed by atoms with Gasteiger partial charge in [0.05, 0.1) is 0 Å². The summed E-state index contributed by atoms with van der Waals surface area (Å²) in [5, 5.41) is 3.71. The van der Waals surface area contributed by atoms with Crippen molar-refractivity contribution in [1.82, 2.24) is 10.2 Å². The lowest BCUT2D eigenvalue weighted by Crippen LogP contribution is -2.59. The Morgan fingerprint density at radius 2 is 1.89 bits per heavy atom. The third kappa shape index (κ3) is 3.94. The average Bonchev–Trinajstić information content (AvgIpc) is 2.87. The van der Waals surface area contributed by atoms with E-state index in [2.05, 4.69) is 37.9 Å². The first kappa shape index (κ1) is 15.9. The molecule has 0 aromatic rings. The third-order valence-electron chi connectivity index (χ3n) is 4.45. The van der Waals surface area contributed by atoms with Gasteiger partial charge in [0.15, 0.2) is 0 Å². The van der Waals surface area contributed by atoms with Crippen LogP contribution < -0.4 is 5.32 Å². The van der Waals surface area contributed by atoms with E-state index in [0.29, 0.717) is 12.0 Å². The highest BCUT2D eigenvalue weighted by Gasteiger charge is 2.38. The summed E-state index contributed by atoms with van der Waals surface area (Å²) in [6.45, 7) is 13.8. The number of nitrogens with one attached hydrogen (secondary N) is 1. The molecule has 1 aliphatic rings. The average molecular weight is 256 g/mol. The van der Waals surface area contributed by atoms with Crippen molar-refractivity contribution in [3.63, 3.8) is 0 Å². The molecule has 0 aromatic heterocycles. The monoisotopic (exact) mass is 256 g/mol. The fraction of sp³-hybridized carbons (Fsp3) is 1.00. The molecule has 1 fully saturated rings. The van der Waals surface area contributed by atoms with Crippen LogP contribution in [0.25, 0.3) is 0 Å². The summed E-state index contributed by atoms with van der Waals surface area (Å²) in [7, 11) is 1.79. The van der Waals surface area contributed by atoms with E-state index in [-0.39, 0.29) is 5.54 Å². The Morgan fingerprint density at radius 3 is 2.39 bits per heavy atom. The molecule has 1 saturated heterocycles. The molecule has 0 spiro atoms. The van der Waals surface area contributed by atoms with E-state index in [4.69, 9.17) is 4.74 Å². The van der Waals surface area contributed by atoms with Crippen LogP contribution in [0.3, 0.4) is 0 Å². The molecule has 0 aliphatic carbocycles. The number of methoxy groups -OCH3 is 1. The van der Waals surface area contributed by atoms with Crippen LogP contribution >= 0.6 is 0 Å². The number of hydrogen-bond acceptors (Lipinski definition) is 3. The predicted molar refractivity (Wildman–Crippen MR) is 78.0 cm³/mol. The van der Waals surface area contributed by atoms with Crippen molar-refractivity contribution in [1.29, 1.82) is 0 Å². The summed E-state index contributed by atoms with van der Waals surface area (Å²) < 4.78 is 5.24. The first-order chi connectivity index (χ1) is 8.54. The first-order valence-electron chi connectivity index (χ1n) is 7.51. The molecule has 1 N–H and O–H groups in total. The molecule has 1 aliphatic heterocycles. The summed E-state index contributed by atoms with van der Waals surface area (Å²) >= 11 is 0. The molecule has 1 heterocycles. The normalized spacial score (nSPS) is 21.2. The lowest BCUT2D eigenvalue weighted by atomic mass is 9.82. The van der Waals surface area contributed by atoms with Gasteiger partial charge in [-0.05, 0) is 58.7 Å². The lowest BCUT2D eigenvalue weighted by Gasteiger charge is -2.45. The minimum atomic E-state index is 0.236. The Hall–Kier alpha value is -0.120. The SMILES string of the molecule is CCNC(C(C)CCOC)C(C)(C)N1CCCC1. The topological polar surface area (TPSA) is 24.5 Å². The van der Waals surface area contributed by atoms with Gasteiger partial charge in [0.25, 0.3) is 0 Å². The number of rotatable bonds is 8. The predicted octanol–water partition coefficient (Wildman–Crippen LogP) is 2.51. The molecule has 1 rings (SSSR count). The molecule has 108 valence electrons. The van der Waals surface area contributed by atoms with Gasteiger partial charge in [-0.1, -0.05) is 13.8 Å². The van der Waals surface area contributed by atoms with E-state index < -0.39 is 0 Å². The second kappa shape index (κ2) is 7.46. The van der Waals surface area contributed by atoms with Crippen molar-refractivity contribution in [2.75, 3.05) is 33.4 Å². The molecule has 3 nitrogen and oxygen atoms in total. The van der Waals surface area contributed by atoms with E-state index in [1.54, 1.807) is 7.11 Å². The first-order valence-corrected chi connectivity index (χ1v) is 7.51. The van der Waals surface area contributed by atoms with E-state index in [1.165, 1.54) is 25.9 Å². The molecular weight excluding hydrogens is 224 g/mol. The van der Waals surface area contributed by atoms with Crippen molar-refractivity contribution in [3.8, 4) is 0 Å². The number of likely N-dealkylation sites (N-methyl/N-ethyl adjacent to an activating group) is 1. The molecular formula is C15H32N2O. The summed E-state index contributed by atoms with van der Waals surface area (Å²) in [6.07, 6.45) is 3.84. The molecule has 0 saturated carbocycles. The zero-order valence-corrected chi connectivity index (χ0v) is 13.0. The summed E-state index contributed by atoms with van der Waals surface area (Å²) in [4.78, 5) is 2.66. The highest BCUT2D eigenvalue weighted by molar-refractivity contribution is 4.97. The third-order valence-corrected chi connectivity index (χ3v) is 4.45. The molecule has 18 heavy (non-hydrogen) atoms. The van der Waals surface area contributed by atoms with Crippen LogP contribution in [0.1, 0.15) is 47.0 Å². The molecule has 2 atom stereocenters. The van der Waals surface area contributed by atoms with E-state index in [1.807, 2.05) is 0 Å². The van der Waals surface area contributed by atoms with Crippen LogP contribution in [0, 0.1) is 5.92 Å². The number of ether oxygens (including phenoxy) is 1. The van der Waals surface area contributed by atoms with Crippen molar-refractivity contribution in [2.45, 2.75) is 58.5 Å². The second-order valence-electron chi connectivity index (χ2n) is 6.14. The molecule has 0 aromatic carbocycles. The molecule has 0 amide bonds. The van der Waals surface area contributed by atoms with Gasteiger partial charge in [-0.3, -0.25) is 4.90 Å². The van der Waals surface area contributed by atoms with Crippen LogP contribution in [0.5, 0.6) is 0 Å². The standard InChI is InChI=1S/C15H32N2O/c1-6-16-14(13(2)9-12-18-5)15(3,4)17-10-7-8-11-17/h13-14,16H,6-12H2,1-5H3. The van der Waals surface area contributed by atoms with Gasteiger partial charge in [-0.2, -0.15) is 0 Å². The van der Waals surface area contributed by atoms with Gasteiger partial charge < -0.3 is 10.1 Å². The van der Waals surface area contributed by atoms with Gasteiger partial charge in [0.1, 0.15) is 0 Å². The van der Waals surface area contributed by atoms with Gasteiger partial charge in [-0.25, -0.2) is 0 Å². The summed E-state index contributed by atoms with van der Waals surface area (Å²) in [5.41, 5.74) is 0.236. The van der Waals surface area contributed by atoms with Crippen molar-refractivity contribution in [2.24, 2.45) is 5.92 Å². The van der Waals surface area contributed by atoms with E-state index >= 15 is 0 Å².